The number of aromatic carboxylic acids is 1. The average Bonchev–Trinajstić information content (AvgIpc) is 2.73. The van der Waals surface area contributed by atoms with Gasteiger partial charge >= 0.3 is 5.97 Å². The Bertz CT molecular complexity index is 1090. The number of ether oxygens (including phenoxy) is 2. The van der Waals surface area contributed by atoms with Gasteiger partial charge in [0.1, 0.15) is 24.7 Å². The second kappa shape index (κ2) is 9.32. The van der Waals surface area contributed by atoms with Crippen LogP contribution in [0.4, 0.5) is 5.69 Å². The van der Waals surface area contributed by atoms with Gasteiger partial charge in [-0.15, -0.1) is 0 Å². The summed E-state index contributed by atoms with van der Waals surface area (Å²) in [6.45, 7) is 2.44. The molecule has 0 heterocycles. The van der Waals surface area contributed by atoms with Gasteiger partial charge in [-0.2, -0.15) is 0 Å². The molecule has 0 unspecified atom stereocenters. The van der Waals surface area contributed by atoms with E-state index in [4.69, 9.17) is 14.6 Å². The molecule has 7 nitrogen and oxygen atoms in total. The first-order valence-corrected chi connectivity index (χ1v) is 10.6. The Kier molecular flexibility index (Phi) is 6.58. The maximum absolute atomic E-state index is 12.4. The van der Waals surface area contributed by atoms with Crippen molar-refractivity contribution in [2.45, 2.75) is 11.8 Å². The smallest absolute Gasteiger partial charge is 0.335 e. The van der Waals surface area contributed by atoms with Crippen molar-refractivity contribution in [3.05, 3.63) is 83.9 Å². The highest BCUT2D eigenvalue weighted by Crippen LogP contribution is 2.20. The van der Waals surface area contributed by atoms with E-state index in [9.17, 15) is 13.2 Å². The van der Waals surface area contributed by atoms with Gasteiger partial charge in [0.25, 0.3) is 10.0 Å². The predicted molar refractivity (Wildman–Crippen MR) is 113 cm³/mol. The van der Waals surface area contributed by atoms with Crippen LogP contribution in [0.15, 0.2) is 77.7 Å². The quantitative estimate of drug-likeness (QED) is 0.502. The molecule has 0 aliphatic carbocycles. The molecule has 0 atom stereocenters. The van der Waals surface area contributed by atoms with E-state index in [1.807, 2.05) is 6.92 Å². The van der Waals surface area contributed by atoms with Crippen LogP contribution in [0.3, 0.4) is 0 Å². The molecule has 0 aromatic heterocycles. The Labute approximate surface area is 174 Å². The van der Waals surface area contributed by atoms with E-state index in [0.29, 0.717) is 17.2 Å². The summed E-state index contributed by atoms with van der Waals surface area (Å²) in [4.78, 5) is 11.0. The van der Waals surface area contributed by atoms with Crippen molar-refractivity contribution in [1.29, 1.82) is 0 Å². The zero-order valence-corrected chi connectivity index (χ0v) is 17.1. The first-order chi connectivity index (χ1) is 14.3. The third-order valence-corrected chi connectivity index (χ3v) is 5.56. The number of sulfonamides is 1. The predicted octanol–water partition coefficient (Wildman–Crippen LogP) is 3.95. The van der Waals surface area contributed by atoms with Crippen molar-refractivity contribution in [3.63, 3.8) is 0 Å². The number of benzene rings is 3. The van der Waals surface area contributed by atoms with Crippen molar-refractivity contribution in [2.75, 3.05) is 17.9 Å². The Balaban J connectivity index is 1.48. The Morgan fingerprint density at radius 1 is 0.833 bits per heavy atom. The molecular formula is C22H21NO6S. The van der Waals surface area contributed by atoms with Crippen LogP contribution in [0.1, 0.15) is 15.9 Å². The van der Waals surface area contributed by atoms with Crippen molar-refractivity contribution in [2.24, 2.45) is 0 Å². The summed E-state index contributed by atoms with van der Waals surface area (Å²) in [6, 6.07) is 19.3. The number of aryl methyl sites for hydroxylation is 1. The lowest BCUT2D eigenvalue weighted by Crippen LogP contribution is -2.13. The highest BCUT2D eigenvalue weighted by Gasteiger charge is 2.13. The van der Waals surface area contributed by atoms with E-state index in [2.05, 4.69) is 4.72 Å². The van der Waals surface area contributed by atoms with E-state index < -0.39 is 16.0 Å². The van der Waals surface area contributed by atoms with Crippen molar-refractivity contribution >= 4 is 21.7 Å². The molecule has 0 saturated heterocycles. The van der Waals surface area contributed by atoms with Crippen LogP contribution in [0, 0.1) is 6.92 Å². The minimum Gasteiger partial charge on any atom is -0.490 e. The molecule has 0 spiro atoms. The van der Waals surface area contributed by atoms with E-state index in [1.54, 1.807) is 60.7 Å². The third-order valence-electron chi connectivity index (χ3n) is 4.16. The maximum atomic E-state index is 12.4. The Morgan fingerprint density at radius 3 is 1.83 bits per heavy atom. The van der Waals surface area contributed by atoms with Crippen LogP contribution >= 0.6 is 0 Å². The lowest BCUT2D eigenvalue weighted by Gasteiger charge is -2.11. The zero-order valence-electron chi connectivity index (χ0n) is 16.2. The van der Waals surface area contributed by atoms with Crippen LogP contribution in [-0.2, 0) is 10.0 Å². The fourth-order valence-corrected chi connectivity index (χ4v) is 3.62. The number of anilines is 1. The van der Waals surface area contributed by atoms with E-state index in [-0.39, 0.29) is 23.7 Å². The standard InChI is InChI=1S/C22H21NO6S/c1-16-2-12-21(13-3-16)30(26,27)23-18-6-10-20(11-7-18)29-15-14-28-19-8-4-17(5-9-19)22(24)25/h2-13,23H,14-15H2,1H3,(H,24,25). The summed E-state index contributed by atoms with van der Waals surface area (Å²) in [5, 5.41) is 8.87. The lowest BCUT2D eigenvalue weighted by molar-refractivity contribution is 0.0697. The number of hydrogen-bond acceptors (Lipinski definition) is 5. The maximum Gasteiger partial charge on any atom is 0.335 e. The molecule has 0 amide bonds. The fraction of sp³-hybridized carbons (Fsp3) is 0.136. The molecule has 8 heteroatoms. The van der Waals surface area contributed by atoms with E-state index in [0.717, 1.165) is 5.56 Å². The molecule has 3 aromatic carbocycles. The molecule has 3 aromatic rings. The summed E-state index contributed by atoms with van der Waals surface area (Å²) in [7, 11) is -3.65. The summed E-state index contributed by atoms with van der Waals surface area (Å²) in [5.41, 5.74) is 1.60. The number of carboxylic acid groups (broad SMARTS) is 1. The van der Waals surface area contributed by atoms with Crippen LogP contribution in [0.5, 0.6) is 11.5 Å². The largest absolute Gasteiger partial charge is 0.490 e. The van der Waals surface area contributed by atoms with Gasteiger partial charge in [-0.3, -0.25) is 4.72 Å². The lowest BCUT2D eigenvalue weighted by atomic mass is 10.2. The van der Waals surface area contributed by atoms with Gasteiger partial charge < -0.3 is 14.6 Å². The van der Waals surface area contributed by atoms with Crippen LogP contribution in [0.25, 0.3) is 0 Å². The second-order valence-corrected chi connectivity index (χ2v) is 8.15. The molecule has 0 saturated carbocycles. The van der Waals surface area contributed by atoms with Crippen LogP contribution in [0.2, 0.25) is 0 Å². The summed E-state index contributed by atoms with van der Waals surface area (Å²) in [5.74, 6) is 0.122. The Morgan fingerprint density at radius 2 is 1.33 bits per heavy atom. The normalized spacial score (nSPS) is 11.0. The molecule has 2 N–H and O–H groups in total. The molecule has 3 rings (SSSR count). The average molecular weight is 427 g/mol. The van der Waals surface area contributed by atoms with Gasteiger partial charge in [-0.05, 0) is 67.6 Å². The zero-order chi connectivity index (χ0) is 21.6. The first kappa shape index (κ1) is 21.2. The minimum atomic E-state index is -3.65. The van der Waals surface area contributed by atoms with Gasteiger partial charge in [0.15, 0.2) is 0 Å². The number of rotatable bonds is 9. The van der Waals surface area contributed by atoms with Gasteiger partial charge in [-0.1, -0.05) is 17.7 Å². The molecule has 0 fully saturated rings. The van der Waals surface area contributed by atoms with Crippen LogP contribution < -0.4 is 14.2 Å². The van der Waals surface area contributed by atoms with Crippen LogP contribution in [-0.4, -0.2) is 32.7 Å². The molecule has 156 valence electrons. The van der Waals surface area contributed by atoms with Gasteiger partial charge in [0.2, 0.25) is 0 Å². The third kappa shape index (κ3) is 5.74. The van der Waals surface area contributed by atoms with E-state index in [1.165, 1.54) is 12.1 Å². The molecule has 30 heavy (non-hydrogen) atoms. The SMILES string of the molecule is Cc1ccc(S(=O)(=O)Nc2ccc(OCCOc3ccc(C(=O)O)cc3)cc2)cc1. The number of hydrogen-bond donors (Lipinski definition) is 2. The molecule has 0 aliphatic rings. The molecule has 0 aliphatic heterocycles. The van der Waals surface area contributed by atoms with Gasteiger partial charge in [-0.25, -0.2) is 13.2 Å². The van der Waals surface area contributed by atoms with Gasteiger partial charge in [0, 0.05) is 5.69 Å². The summed E-state index contributed by atoms with van der Waals surface area (Å²) < 4.78 is 38.4. The summed E-state index contributed by atoms with van der Waals surface area (Å²) >= 11 is 0. The molecule has 0 bridgehead atoms. The van der Waals surface area contributed by atoms with Crippen molar-refractivity contribution in [3.8, 4) is 11.5 Å². The summed E-state index contributed by atoms with van der Waals surface area (Å²) in [6.07, 6.45) is 0. The van der Waals surface area contributed by atoms with Crippen molar-refractivity contribution < 1.29 is 27.8 Å². The molecular weight excluding hydrogens is 406 g/mol. The minimum absolute atomic E-state index is 0.191. The monoisotopic (exact) mass is 427 g/mol. The Hall–Kier alpha value is -3.52. The fourth-order valence-electron chi connectivity index (χ4n) is 2.56. The van der Waals surface area contributed by atoms with Crippen molar-refractivity contribution in [1.82, 2.24) is 0 Å². The number of carbonyl (C=O) groups is 1. The number of nitrogens with one attached hydrogen (secondary N) is 1. The topological polar surface area (TPSA) is 102 Å². The second-order valence-electron chi connectivity index (χ2n) is 6.47. The molecule has 0 radical (unpaired) electrons. The van der Waals surface area contributed by atoms with Gasteiger partial charge in [0.05, 0.1) is 10.5 Å². The highest BCUT2D eigenvalue weighted by atomic mass is 32.2. The van der Waals surface area contributed by atoms with E-state index >= 15 is 0 Å². The highest BCUT2D eigenvalue weighted by molar-refractivity contribution is 7.92. The number of carboxylic acids is 1. The first-order valence-electron chi connectivity index (χ1n) is 9.12.